The van der Waals surface area contributed by atoms with Crippen LogP contribution in [0, 0.1) is 5.92 Å². The van der Waals surface area contributed by atoms with Crippen molar-refractivity contribution in [3.8, 4) is 0 Å². The molecule has 1 amide bonds. The highest BCUT2D eigenvalue weighted by molar-refractivity contribution is 7.89. The van der Waals surface area contributed by atoms with Crippen molar-refractivity contribution in [1.29, 1.82) is 0 Å². The summed E-state index contributed by atoms with van der Waals surface area (Å²) in [6.45, 7) is 4.52. The first kappa shape index (κ1) is 17.9. The van der Waals surface area contributed by atoms with Crippen molar-refractivity contribution in [2.75, 3.05) is 39.0 Å². The summed E-state index contributed by atoms with van der Waals surface area (Å²) < 4.78 is 29.6. The molecule has 1 heterocycles. The summed E-state index contributed by atoms with van der Waals surface area (Å²) in [6.07, 6.45) is 0.992. The molecule has 0 saturated carbocycles. The third-order valence-corrected chi connectivity index (χ3v) is 5.68. The Bertz CT molecular complexity index is 469. The number of likely N-dealkylation sites (N-methyl/N-ethyl adjacent to an activating group) is 1. The van der Waals surface area contributed by atoms with E-state index in [0.717, 1.165) is 0 Å². The van der Waals surface area contributed by atoms with Crippen LogP contribution in [0.25, 0.3) is 0 Å². The van der Waals surface area contributed by atoms with Gasteiger partial charge in [-0.1, -0.05) is 0 Å². The highest BCUT2D eigenvalue weighted by Crippen LogP contribution is 2.21. The van der Waals surface area contributed by atoms with Crippen LogP contribution in [-0.4, -0.2) is 68.5 Å². The predicted octanol–water partition coefficient (Wildman–Crippen LogP) is 0.0696. The van der Waals surface area contributed by atoms with Gasteiger partial charge in [0.25, 0.3) is 0 Å². The van der Waals surface area contributed by atoms with E-state index in [4.69, 9.17) is 0 Å². The van der Waals surface area contributed by atoms with Gasteiger partial charge in [0.05, 0.1) is 12.9 Å². The maximum atomic E-state index is 12.4. The lowest BCUT2D eigenvalue weighted by Crippen LogP contribution is -2.46. The predicted molar refractivity (Wildman–Crippen MR) is 78.0 cm³/mol. The minimum Gasteiger partial charge on any atom is -0.468 e. The molecule has 0 atom stereocenters. The van der Waals surface area contributed by atoms with Gasteiger partial charge in [0, 0.05) is 25.6 Å². The summed E-state index contributed by atoms with van der Waals surface area (Å²) in [7, 11) is -1.90. The molecule has 0 aromatic rings. The number of amides is 1. The van der Waals surface area contributed by atoms with E-state index in [0.29, 0.717) is 32.5 Å². The Morgan fingerprint density at radius 1 is 1.24 bits per heavy atom. The van der Waals surface area contributed by atoms with Crippen molar-refractivity contribution < 1.29 is 22.7 Å². The van der Waals surface area contributed by atoms with Crippen LogP contribution in [0.4, 0.5) is 0 Å². The molecule has 0 radical (unpaired) electrons. The van der Waals surface area contributed by atoms with Gasteiger partial charge in [-0.15, -0.1) is 0 Å². The molecule has 0 spiro atoms. The minimum absolute atomic E-state index is 0.0562. The first-order valence-corrected chi connectivity index (χ1v) is 8.80. The SMILES string of the molecule is CCN(CC(=O)OC)C(=O)C1CCN(S(=O)(=O)CC)CC1. The van der Waals surface area contributed by atoms with Crippen molar-refractivity contribution in [2.24, 2.45) is 5.92 Å². The van der Waals surface area contributed by atoms with Crippen molar-refractivity contribution in [3.05, 3.63) is 0 Å². The average Bonchev–Trinajstić information content (AvgIpc) is 2.51. The molecule has 8 heteroatoms. The molecule has 122 valence electrons. The molecule has 1 rings (SSSR count). The lowest BCUT2D eigenvalue weighted by molar-refractivity contribution is -0.148. The zero-order valence-corrected chi connectivity index (χ0v) is 13.7. The quantitative estimate of drug-likeness (QED) is 0.647. The number of piperidine rings is 1. The van der Waals surface area contributed by atoms with Crippen LogP contribution in [0.3, 0.4) is 0 Å². The fourth-order valence-electron chi connectivity index (χ4n) is 2.39. The van der Waals surface area contributed by atoms with Gasteiger partial charge < -0.3 is 9.64 Å². The van der Waals surface area contributed by atoms with Crippen molar-refractivity contribution in [2.45, 2.75) is 26.7 Å². The Hall–Kier alpha value is -1.15. The van der Waals surface area contributed by atoms with Gasteiger partial charge in [0.1, 0.15) is 6.54 Å². The number of esters is 1. The van der Waals surface area contributed by atoms with Crippen LogP contribution in [0.1, 0.15) is 26.7 Å². The summed E-state index contributed by atoms with van der Waals surface area (Å²) in [4.78, 5) is 25.1. The first-order chi connectivity index (χ1) is 9.85. The maximum absolute atomic E-state index is 12.4. The van der Waals surface area contributed by atoms with Crippen molar-refractivity contribution >= 4 is 21.9 Å². The summed E-state index contributed by atoms with van der Waals surface area (Å²) >= 11 is 0. The van der Waals surface area contributed by atoms with Crippen LogP contribution in [0.15, 0.2) is 0 Å². The number of nitrogens with zero attached hydrogens (tertiary/aromatic N) is 2. The molecule has 21 heavy (non-hydrogen) atoms. The lowest BCUT2D eigenvalue weighted by atomic mass is 9.96. The largest absolute Gasteiger partial charge is 0.468 e. The Labute approximate surface area is 126 Å². The van der Waals surface area contributed by atoms with Crippen molar-refractivity contribution in [3.63, 3.8) is 0 Å². The highest BCUT2D eigenvalue weighted by Gasteiger charge is 2.32. The van der Waals surface area contributed by atoms with Gasteiger partial charge in [-0.25, -0.2) is 12.7 Å². The second-order valence-corrected chi connectivity index (χ2v) is 7.26. The van der Waals surface area contributed by atoms with Crippen LogP contribution in [-0.2, 0) is 24.3 Å². The van der Waals surface area contributed by atoms with Crippen molar-refractivity contribution in [1.82, 2.24) is 9.21 Å². The summed E-state index contributed by atoms with van der Waals surface area (Å²) in [6, 6.07) is 0. The zero-order chi connectivity index (χ0) is 16.0. The van der Waals surface area contributed by atoms with Crippen LogP contribution < -0.4 is 0 Å². The Kier molecular flexibility index (Phi) is 6.60. The lowest BCUT2D eigenvalue weighted by Gasteiger charge is -2.32. The second-order valence-electron chi connectivity index (χ2n) is 5.00. The number of ether oxygens (including phenoxy) is 1. The standard InChI is InChI=1S/C13H24N2O5S/c1-4-14(10-12(16)20-3)13(17)11-6-8-15(9-7-11)21(18,19)5-2/h11H,4-10H2,1-3H3. The molecule has 0 N–H and O–H groups in total. The van der Waals surface area contributed by atoms with Crippen LogP contribution >= 0.6 is 0 Å². The monoisotopic (exact) mass is 320 g/mol. The van der Waals surface area contributed by atoms with Crippen LogP contribution in [0.2, 0.25) is 0 Å². The van der Waals surface area contributed by atoms with E-state index in [9.17, 15) is 18.0 Å². The van der Waals surface area contributed by atoms with E-state index in [2.05, 4.69) is 4.74 Å². The number of methoxy groups -OCH3 is 1. The summed E-state index contributed by atoms with van der Waals surface area (Å²) in [5, 5.41) is 0. The molecule has 1 aliphatic heterocycles. The van der Waals surface area contributed by atoms with Gasteiger partial charge >= 0.3 is 5.97 Å². The van der Waals surface area contributed by atoms with Gasteiger partial charge in [-0.3, -0.25) is 9.59 Å². The number of rotatable bonds is 6. The third kappa shape index (κ3) is 4.67. The number of sulfonamides is 1. The molecule has 0 bridgehead atoms. The van der Waals surface area contributed by atoms with Gasteiger partial charge in [-0.2, -0.15) is 0 Å². The number of hydrogen-bond donors (Lipinski definition) is 0. The van der Waals surface area contributed by atoms with E-state index in [-0.39, 0.29) is 24.1 Å². The summed E-state index contributed by atoms with van der Waals surface area (Å²) in [5.74, 6) is -0.694. The Morgan fingerprint density at radius 2 is 1.81 bits per heavy atom. The topological polar surface area (TPSA) is 84.0 Å². The number of carbonyl (C=O) groups excluding carboxylic acids is 2. The van der Waals surface area contributed by atoms with Gasteiger partial charge in [0.2, 0.25) is 15.9 Å². The molecule has 0 aromatic heterocycles. The Balaban J connectivity index is 2.60. The fourth-order valence-corrected chi connectivity index (χ4v) is 3.52. The van der Waals surface area contributed by atoms with E-state index < -0.39 is 16.0 Å². The first-order valence-electron chi connectivity index (χ1n) is 7.19. The van der Waals surface area contributed by atoms with E-state index in [1.54, 1.807) is 13.8 Å². The van der Waals surface area contributed by atoms with Gasteiger partial charge in [-0.05, 0) is 26.7 Å². The van der Waals surface area contributed by atoms with Crippen LogP contribution in [0.5, 0.6) is 0 Å². The second kappa shape index (κ2) is 7.74. The molecule has 1 saturated heterocycles. The fraction of sp³-hybridized carbons (Fsp3) is 0.846. The Morgan fingerprint density at radius 3 is 2.24 bits per heavy atom. The van der Waals surface area contributed by atoms with Gasteiger partial charge in [0.15, 0.2) is 0 Å². The number of carbonyl (C=O) groups is 2. The molecule has 1 aliphatic rings. The third-order valence-electron chi connectivity index (χ3n) is 3.80. The molecule has 0 unspecified atom stereocenters. The molecule has 1 fully saturated rings. The molecular formula is C13H24N2O5S. The minimum atomic E-state index is -3.18. The maximum Gasteiger partial charge on any atom is 0.325 e. The van der Waals surface area contributed by atoms with E-state index >= 15 is 0 Å². The molecule has 0 aromatic carbocycles. The summed E-state index contributed by atoms with van der Waals surface area (Å²) in [5.41, 5.74) is 0. The molecular weight excluding hydrogens is 296 g/mol. The zero-order valence-electron chi connectivity index (χ0n) is 12.9. The average molecular weight is 320 g/mol. The van der Waals surface area contributed by atoms with E-state index in [1.165, 1.54) is 16.3 Å². The molecule has 7 nitrogen and oxygen atoms in total. The molecule has 0 aliphatic carbocycles. The van der Waals surface area contributed by atoms with E-state index in [1.807, 2.05) is 0 Å². The number of hydrogen-bond acceptors (Lipinski definition) is 5. The normalized spacial score (nSPS) is 17.5. The smallest absolute Gasteiger partial charge is 0.325 e. The highest BCUT2D eigenvalue weighted by atomic mass is 32.2.